The average molecular weight is 416 g/mol. The van der Waals surface area contributed by atoms with Gasteiger partial charge in [0.05, 0.1) is 17.2 Å². The van der Waals surface area contributed by atoms with Gasteiger partial charge in [-0.15, -0.1) is 0 Å². The fourth-order valence-corrected chi connectivity index (χ4v) is 2.71. The minimum atomic E-state index is -3.02. The van der Waals surface area contributed by atoms with E-state index >= 15 is 0 Å². The number of likely N-dealkylation sites (N-methyl/N-ethyl adjacent to an activating group) is 1. The van der Waals surface area contributed by atoms with Crippen LogP contribution in [0.3, 0.4) is 0 Å². The molecule has 0 bridgehead atoms. The molecule has 0 aromatic heterocycles. The van der Waals surface area contributed by atoms with E-state index in [1.165, 1.54) is 36.3 Å². The number of halogens is 4. The molecule has 0 fully saturated rings. The second kappa shape index (κ2) is 9.58. The number of para-hydroxylation sites is 1. The fraction of sp³-hybridized carbons (Fsp3) is 0.211. The number of ether oxygens (including phenoxy) is 2. The van der Waals surface area contributed by atoms with E-state index in [0.29, 0.717) is 15.6 Å². The summed E-state index contributed by atoms with van der Waals surface area (Å²) >= 11 is 12.1. The van der Waals surface area contributed by atoms with Gasteiger partial charge in [0.1, 0.15) is 0 Å². The molecule has 0 aliphatic carbocycles. The number of hydrogen-bond donors (Lipinski definition) is 0. The molecular formula is C19H17Cl2F2NO3. The van der Waals surface area contributed by atoms with Gasteiger partial charge in [-0.05, 0) is 23.8 Å². The Balaban J connectivity index is 2.17. The summed E-state index contributed by atoms with van der Waals surface area (Å²) in [5.41, 5.74) is 0.980. The summed E-state index contributed by atoms with van der Waals surface area (Å²) in [5.74, 6) is -0.347. The van der Waals surface area contributed by atoms with Crippen LogP contribution in [0.4, 0.5) is 8.78 Å². The first-order valence-corrected chi connectivity index (χ1v) is 8.57. The van der Waals surface area contributed by atoms with Gasteiger partial charge in [-0.25, -0.2) is 0 Å². The molecule has 8 heteroatoms. The van der Waals surface area contributed by atoms with Crippen molar-refractivity contribution >= 4 is 35.2 Å². The third-order valence-corrected chi connectivity index (χ3v) is 4.52. The molecule has 0 N–H and O–H groups in total. The Morgan fingerprint density at radius 2 is 1.93 bits per heavy atom. The number of amides is 1. The van der Waals surface area contributed by atoms with E-state index in [2.05, 4.69) is 4.74 Å². The lowest BCUT2D eigenvalue weighted by atomic mass is 10.1. The van der Waals surface area contributed by atoms with Gasteiger partial charge in [0.15, 0.2) is 11.5 Å². The van der Waals surface area contributed by atoms with Gasteiger partial charge >= 0.3 is 6.61 Å². The average Bonchev–Trinajstić information content (AvgIpc) is 2.63. The van der Waals surface area contributed by atoms with Crippen molar-refractivity contribution in [1.82, 2.24) is 4.90 Å². The molecule has 0 aliphatic heterocycles. The Morgan fingerprint density at radius 1 is 1.22 bits per heavy atom. The molecule has 0 spiro atoms. The first kappa shape index (κ1) is 21.0. The number of alkyl halides is 2. The van der Waals surface area contributed by atoms with E-state index in [4.69, 9.17) is 27.9 Å². The van der Waals surface area contributed by atoms with Gasteiger partial charge in [0.25, 0.3) is 0 Å². The zero-order chi connectivity index (χ0) is 20.0. The number of hydrogen-bond acceptors (Lipinski definition) is 3. The number of nitrogens with zero attached hydrogens (tertiary/aromatic N) is 1. The number of benzene rings is 2. The summed E-state index contributed by atoms with van der Waals surface area (Å²) < 4.78 is 34.9. The molecule has 2 rings (SSSR count). The van der Waals surface area contributed by atoms with Crippen molar-refractivity contribution in [2.45, 2.75) is 13.2 Å². The van der Waals surface area contributed by atoms with Crippen molar-refractivity contribution in [2.24, 2.45) is 0 Å². The van der Waals surface area contributed by atoms with E-state index in [-0.39, 0.29) is 29.5 Å². The second-order valence-corrected chi connectivity index (χ2v) is 6.28. The standard InChI is InChI=1S/C19H17Cl2F2NO3/c1-24(11-13-6-3-7-14(20)17(13)21)16(25)10-9-12-5-4-8-15(26-2)18(12)27-19(22)23/h3-10,19H,11H2,1-2H3/b10-9-. The molecule has 144 valence electrons. The van der Waals surface area contributed by atoms with Crippen molar-refractivity contribution < 1.29 is 23.0 Å². The first-order chi connectivity index (χ1) is 12.8. The predicted octanol–water partition coefficient (Wildman–Crippen LogP) is 5.28. The number of carbonyl (C=O) groups is 1. The summed E-state index contributed by atoms with van der Waals surface area (Å²) in [6, 6.07) is 9.79. The normalized spacial score (nSPS) is 11.1. The molecule has 1 amide bonds. The molecule has 0 heterocycles. The van der Waals surface area contributed by atoms with E-state index in [1.54, 1.807) is 31.3 Å². The number of methoxy groups -OCH3 is 1. The highest BCUT2D eigenvalue weighted by Gasteiger charge is 2.15. The summed E-state index contributed by atoms with van der Waals surface area (Å²) in [7, 11) is 2.93. The molecule has 0 saturated carbocycles. The molecule has 0 unspecified atom stereocenters. The summed E-state index contributed by atoms with van der Waals surface area (Å²) in [5, 5.41) is 0.777. The quantitative estimate of drug-likeness (QED) is 0.577. The Labute approximate surface area is 165 Å². The minimum absolute atomic E-state index is 0.139. The molecule has 27 heavy (non-hydrogen) atoms. The maximum absolute atomic E-state index is 12.7. The van der Waals surface area contributed by atoms with Crippen molar-refractivity contribution in [3.63, 3.8) is 0 Å². The van der Waals surface area contributed by atoms with E-state index < -0.39 is 6.61 Å². The third-order valence-electron chi connectivity index (χ3n) is 3.66. The molecule has 0 radical (unpaired) electrons. The highest BCUT2D eigenvalue weighted by molar-refractivity contribution is 6.42. The Bertz CT molecular complexity index is 844. The van der Waals surface area contributed by atoms with Crippen molar-refractivity contribution in [3.8, 4) is 11.5 Å². The molecule has 2 aromatic rings. The lowest BCUT2D eigenvalue weighted by Gasteiger charge is -2.17. The lowest BCUT2D eigenvalue weighted by molar-refractivity contribution is -0.125. The van der Waals surface area contributed by atoms with Crippen LogP contribution < -0.4 is 9.47 Å². The van der Waals surface area contributed by atoms with Gasteiger partial charge < -0.3 is 14.4 Å². The summed E-state index contributed by atoms with van der Waals surface area (Å²) in [4.78, 5) is 13.8. The van der Waals surface area contributed by atoms with Gasteiger partial charge in [-0.1, -0.05) is 47.5 Å². The largest absolute Gasteiger partial charge is 0.493 e. The van der Waals surface area contributed by atoms with Crippen LogP contribution in [0.1, 0.15) is 11.1 Å². The molecular weight excluding hydrogens is 399 g/mol. The molecule has 4 nitrogen and oxygen atoms in total. The van der Waals surface area contributed by atoms with Crippen LogP contribution in [0, 0.1) is 0 Å². The van der Waals surface area contributed by atoms with Gasteiger partial charge in [0, 0.05) is 25.2 Å². The van der Waals surface area contributed by atoms with Gasteiger partial charge in [-0.2, -0.15) is 8.78 Å². The Hall–Kier alpha value is -2.31. The summed E-state index contributed by atoms with van der Waals surface area (Å²) in [6.07, 6.45) is 2.64. The van der Waals surface area contributed by atoms with Gasteiger partial charge in [0.2, 0.25) is 5.91 Å². The van der Waals surface area contributed by atoms with Crippen molar-refractivity contribution in [3.05, 3.63) is 63.6 Å². The van der Waals surface area contributed by atoms with Crippen LogP contribution in [-0.2, 0) is 11.3 Å². The van der Waals surface area contributed by atoms with Crippen LogP contribution in [-0.4, -0.2) is 31.6 Å². The zero-order valence-electron chi connectivity index (χ0n) is 14.6. The highest BCUT2D eigenvalue weighted by atomic mass is 35.5. The zero-order valence-corrected chi connectivity index (χ0v) is 16.1. The van der Waals surface area contributed by atoms with Crippen molar-refractivity contribution in [1.29, 1.82) is 0 Å². The maximum Gasteiger partial charge on any atom is 0.387 e. The monoisotopic (exact) mass is 415 g/mol. The van der Waals surface area contributed by atoms with Crippen LogP contribution in [0.15, 0.2) is 42.5 Å². The van der Waals surface area contributed by atoms with E-state index in [1.807, 2.05) is 0 Å². The van der Waals surface area contributed by atoms with Crippen LogP contribution >= 0.6 is 23.2 Å². The smallest absolute Gasteiger partial charge is 0.387 e. The molecule has 0 aliphatic rings. The lowest BCUT2D eigenvalue weighted by Crippen LogP contribution is -2.24. The molecule has 2 aromatic carbocycles. The molecule has 0 saturated heterocycles. The highest BCUT2D eigenvalue weighted by Crippen LogP contribution is 2.33. The fourth-order valence-electron chi connectivity index (χ4n) is 2.33. The van der Waals surface area contributed by atoms with Crippen LogP contribution in [0.25, 0.3) is 6.08 Å². The Kier molecular flexibility index (Phi) is 7.45. The maximum atomic E-state index is 12.7. The second-order valence-electron chi connectivity index (χ2n) is 5.50. The van der Waals surface area contributed by atoms with E-state index in [9.17, 15) is 13.6 Å². The topological polar surface area (TPSA) is 38.8 Å². The Morgan fingerprint density at radius 3 is 2.59 bits per heavy atom. The van der Waals surface area contributed by atoms with Crippen LogP contribution in [0.5, 0.6) is 11.5 Å². The number of rotatable bonds is 7. The number of carbonyl (C=O) groups excluding carboxylic acids is 1. The first-order valence-electron chi connectivity index (χ1n) is 7.81. The minimum Gasteiger partial charge on any atom is -0.493 e. The summed E-state index contributed by atoms with van der Waals surface area (Å²) in [6.45, 7) is -2.78. The predicted molar refractivity (Wildman–Crippen MR) is 102 cm³/mol. The van der Waals surface area contributed by atoms with Gasteiger partial charge in [-0.3, -0.25) is 4.79 Å². The third kappa shape index (κ3) is 5.58. The molecule has 0 atom stereocenters. The van der Waals surface area contributed by atoms with Crippen LogP contribution in [0.2, 0.25) is 10.0 Å². The van der Waals surface area contributed by atoms with Crippen molar-refractivity contribution in [2.75, 3.05) is 14.2 Å². The SMILES string of the molecule is COc1cccc(/C=C\C(=O)N(C)Cc2cccc(Cl)c2Cl)c1OC(F)F. The van der Waals surface area contributed by atoms with E-state index in [0.717, 1.165) is 0 Å².